The van der Waals surface area contributed by atoms with Gasteiger partial charge in [0, 0.05) is 0 Å². The van der Waals surface area contributed by atoms with Gasteiger partial charge in [-0.25, -0.2) is 4.98 Å². The fraction of sp³-hybridized carbons (Fsp3) is 0.222. The zero-order chi connectivity index (χ0) is 10.1. The minimum Gasteiger partial charge on any atom is -0.438 e. The summed E-state index contributed by atoms with van der Waals surface area (Å²) < 4.78 is 6.60. The highest BCUT2D eigenvalue weighted by atomic mass is 79.9. The number of nitrogens with two attached hydrogens (primary N) is 1. The second kappa shape index (κ2) is 3.84. The van der Waals surface area contributed by atoms with Gasteiger partial charge in [0.25, 0.3) is 0 Å². The summed E-state index contributed by atoms with van der Waals surface area (Å²) in [6, 6.07) is 3.99. The van der Waals surface area contributed by atoms with Gasteiger partial charge < -0.3 is 10.2 Å². The Morgan fingerprint density at radius 3 is 2.86 bits per heavy atom. The molecule has 2 aromatic rings. The van der Waals surface area contributed by atoms with Crippen molar-refractivity contribution in [2.75, 3.05) is 0 Å². The van der Waals surface area contributed by atoms with E-state index in [1.807, 2.05) is 19.1 Å². The maximum absolute atomic E-state index is 5.52. The number of halogens is 1. The Labute approximate surface area is 94.1 Å². The Kier molecular flexibility index (Phi) is 2.71. The monoisotopic (exact) mass is 272 g/mol. The second-order valence-electron chi connectivity index (χ2n) is 2.83. The lowest BCUT2D eigenvalue weighted by atomic mass is 10.3. The van der Waals surface area contributed by atoms with Crippen LogP contribution in [-0.2, 0) is 6.54 Å². The zero-order valence-electron chi connectivity index (χ0n) is 7.58. The van der Waals surface area contributed by atoms with Gasteiger partial charge in [-0.15, -0.1) is 11.3 Å². The van der Waals surface area contributed by atoms with Crippen LogP contribution < -0.4 is 5.73 Å². The van der Waals surface area contributed by atoms with Crippen molar-refractivity contribution in [1.82, 2.24) is 4.98 Å². The van der Waals surface area contributed by atoms with Crippen LogP contribution in [0.4, 0.5) is 0 Å². The summed E-state index contributed by atoms with van der Waals surface area (Å²) in [6.45, 7) is 2.26. The van der Waals surface area contributed by atoms with Crippen LogP contribution in [0.5, 0.6) is 0 Å². The van der Waals surface area contributed by atoms with E-state index in [4.69, 9.17) is 10.2 Å². The molecule has 0 spiro atoms. The lowest BCUT2D eigenvalue weighted by molar-refractivity contribution is 0.510. The maximum Gasteiger partial charge on any atom is 0.208 e. The van der Waals surface area contributed by atoms with E-state index in [1.165, 1.54) is 0 Å². The molecule has 0 aliphatic rings. The highest BCUT2D eigenvalue weighted by molar-refractivity contribution is 9.11. The largest absolute Gasteiger partial charge is 0.438 e. The van der Waals surface area contributed by atoms with Crippen molar-refractivity contribution in [3.63, 3.8) is 0 Å². The zero-order valence-corrected chi connectivity index (χ0v) is 9.98. The van der Waals surface area contributed by atoms with Crippen LogP contribution in [0.1, 0.15) is 11.6 Å². The van der Waals surface area contributed by atoms with E-state index in [9.17, 15) is 0 Å². The third-order valence-electron chi connectivity index (χ3n) is 1.81. The molecule has 0 saturated heterocycles. The quantitative estimate of drug-likeness (QED) is 0.915. The molecule has 0 saturated carbocycles. The van der Waals surface area contributed by atoms with Crippen LogP contribution in [-0.4, -0.2) is 4.98 Å². The van der Waals surface area contributed by atoms with Gasteiger partial charge in [0.2, 0.25) is 5.89 Å². The molecule has 0 bridgehead atoms. The number of oxazole rings is 1. The van der Waals surface area contributed by atoms with Crippen molar-refractivity contribution in [3.8, 4) is 10.6 Å². The van der Waals surface area contributed by atoms with Crippen LogP contribution in [0.25, 0.3) is 10.6 Å². The van der Waals surface area contributed by atoms with Crippen molar-refractivity contribution >= 4 is 27.3 Å². The highest BCUT2D eigenvalue weighted by Crippen LogP contribution is 2.33. The van der Waals surface area contributed by atoms with Crippen molar-refractivity contribution < 1.29 is 4.42 Å². The van der Waals surface area contributed by atoms with Gasteiger partial charge in [0.15, 0.2) is 5.76 Å². The molecule has 14 heavy (non-hydrogen) atoms. The number of hydrogen-bond donors (Lipinski definition) is 1. The first-order chi connectivity index (χ1) is 6.70. The van der Waals surface area contributed by atoms with E-state index in [0.717, 1.165) is 20.1 Å². The predicted octanol–water partition coefficient (Wildman–Crippen LogP) is 2.93. The van der Waals surface area contributed by atoms with Crippen molar-refractivity contribution in [2.45, 2.75) is 13.5 Å². The smallest absolute Gasteiger partial charge is 0.208 e. The van der Waals surface area contributed by atoms with Gasteiger partial charge in [-0.05, 0) is 35.0 Å². The van der Waals surface area contributed by atoms with Crippen molar-refractivity contribution in [1.29, 1.82) is 0 Å². The van der Waals surface area contributed by atoms with Crippen LogP contribution in [0, 0.1) is 6.92 Å². The fourth-order valence-electron chi connectivity index (χ4n) is 1.20. The second-order valence-corrected chi connectivity index (χ2v) is 5.29. The molecule has 74 valence electrons. The third kappa shape index (κ3) is 1.75. The fourth-order valence-corrected chi connectivity index (χ4v) is 2.62. The number of aromatic nitrogens is 1. The Balaban J connectivity index is 2.45. The van der Waals surface area contributed by atoms with E-state index in [-0.39, 0.29) is 0 Å². The highest BCUT2D eigenvalue weighted by Gasteiger charge is 2.12. The van der Waals surface area contributed by atoms with Gasteiger partial charge in [0.05, 0.1) is 20.9 Å². The van der Waals surface area contributed by atoms with Crippen LogP contribution in [0.15, 0.2) is 20.3 Å². The maximum atomic E-state index is 5.52. The van der Waals surface area contributed by atoms with Gasteiger partial charge in [-0.1, -0.05) is 0 Å². The first-order valence-corrected chi connectivity index (χ1v) is 5.73. The predicted molar refractivity (Wildman–Crippen MR) is 60.1 cm³/mol. The number of hydrogen-bond acceptors (Lipinski definition) is 4. The molecule has 2 rings (SSSR count). The summed E-state index contributed by atoms with van der Waals surface area (Å²) in [5, 5.41) is 0. The minimum absolute atomic E-state index is 0.341. The van der Waals surface area contributed by atoms with Crippen molar-refractivity contribution in [3.05, 3.63) is 27.5 Å². The average molecular weight is 273 g/mol. The van der Waals surface area contributed by atoms with Gasteiger partial charge in [0.1, 0.15) is 0 Å². The molecule has 0 unspecified atom stereocenters. The Hall–Kier alpha value is -0.650. The van der Waals surface area contributed by atoms with E-state index in [0.29, 0.717) is 12.4 Å². The lowest BCUT2D eigenvalue weighted by Crippen LogP contribution is -1.95. The lowest BCUT2D eigenvalue weighted by Gasteiger charge is -1.90. The topological polar surface area (TPSA) is 52.0 Å². The molecule has 0 fully saturated rings. The SMILES string of the molecule is Cc1nc(CN)oc1-c1ccc(Br)s1. The molecule has 2 aromatic heterocycles. The molecular weight excluding hydrogens is 264 g/mol. The molecule has 2 N–H and O–H groups in total. The van der Waals surface area contributed by atoms with E-state index < -0.39 is 0 Å². The Morgan fingerprint density at radius 2 is 2.36 bits per heavy atom. The first-order valence-electron chi connectivity index (χ1n) is 4.13. The van der Waals surface area contributed by atoms with Gasteiger partial charge in [-0.3, -0.25) is 0 Å². The molecule has 5 heteroatoms. The molecular formula is C9H9BrN2OS. The molecule has 0 aliphatic carbocycles. The molecule has 2 heterocycles. The number of rotatable bonds is 2. The summed E-state index contributed by atoms with van der Waals surface area (Å²) in [5.74, 6) is 1.41. The number of aryl methyl sites for hydroxylation is 1. The van der Waals surface area contributed by atoms with Crippen LogP contribution >= 0.6 is 27.3 Å². The molecule has 0 amide bonds. The molecule has 0 atom stereocenters. The first kappa shape index (κ1) is 9.89. The Bertz CT molecular complexity index is 449. The summed E-state index contributed by atoms with van der Waals surface area (Å²) in [7, 11) is 0. The van der Waals surface area contributed by atoms with E-state index >= 15 is 0 Å². The summed E-state index contributed by atoms with van der Waals surface area (Å²) >= 11 is 5.03. The molecule has 0 aliphatic heterocycles. The number of nitrogens with zero attached hydrogens (tertiary/aromatic N) is 1. The normalized spacial score (nSPS) is 10.8. The standard InChI is InChI=1S/C9H9BrN2OS/c1-5-9(13-8(4-11)12-5)6-2-3-7(10)14-6/h2-3H,4,11H2,1H3. The average Bonchev–Trinajstić information content (AvgIpc) is 2.71. The molecule has 0 radical (unpaired) electrons. The molecule has 0 aromatic carbocycles. The Morgan fingerprint density at radius 1 is 1.57 bits per heavy atom. The summed E-state index contributed by atoms with van der Waals surface area (Å²) in [5.41, 5.74) is 6.34. The van der Waals surface area contributed by atoms with E-state index in [1.54, 1.807) is 11.3 Å². The van der Waals surface area contributed by atoms with Crippen LogP contribution in [0.2, 0.25) is 0 Å². The van der Waals surface area contributed by atoms with E-state index in [2.05, 4.69) is 20.9 Å². The minimum atomic E-state index is 0.341. The van der Waals surface area contributed by atoms with Crippen LogP contribution in [0.3, 0.4) is 0 Å². The number of thiophene rings is 1. The van der Waals surface area contributed by atoms with Crippen molar-refractivity contribution in [2.24, 2.45) is 5.73 Å². The molecule has 3 nitrogen and oxygen atoms in total. The van der Waals surface area contributed by atoms with Gasteiger partial charge >= 0.3 is 0 Å². The van der Waals surface area contributed by atoms with Gasteiger partial charge in [-0.2, -0.15) is 0 Å². The summed E-state index contributed by atoms with van der Waals surface area (Å²) in [6.07, 6.45) is 0. The summed E-state index contributed by atoms with van der Waals surface area (Å²) in [4.78, 5) is 5.29. The third-order valence-corrected chi connectivity index (χ3v) is 3.43.